The maximum atomic E-state index is 12.7. The lowest BCUT2D eigenvalue weighted by molar-refractivity contribution is -0.122. The van der Waals surface area contributed by atoms with Crippen molar-refractivity contribution in [3.8, 4) is 11.5 Å². The normalized spacial score (nSPS) is 19.6. The summed E-state index contributed by atoms with van der Waals surface area (Å²) in [5, 5.41) is 2.84. The van der Waals surface area contributed by atoms with E-state index in [0.29, 0.717) is 35.7 Å². The van der Waals surface area contributed by atoms with Crippen LogP contribution in [0.3, 0.4) is 0 Å². The number of hydrogen-bond acceptors (Lipinski definition) is 6. The van der Waals surface area contributed by atoms with E-state index in [9.17, 15) is 14.4 Å². The molecule has 2 aromatic carbocycles. The molecule has 1 aliphatic carbocycles. The van der Waals surface area contributed by atoms with Gasteiger partial charge in [-0.25, -0.2) is 0 Å². The van der Waals surface area contributed by atoms with Gasteiger partial charge in [0.1, 0.15) is 11.5 Å². The van der Waals surface area contributed by atoms with E-state index in [0.717, 1.165) is 4.90 Å². The third kappa shape index (κ3) is 4.36. The van der Waals surface area contributed by atoms with Gasteiger partial charge in [0, 0.05) is 11.0 Å². The number of nitrogens with zero attached hydrogens (tertiary/aromatic N) is 1. The topological polar surface area (TPSA) is 84.9 Å². The van der Waals surface area contributed by atoms with Crippen molar-refractivity contribution in [3.63, 3.8) is 0 Å². The summed E-state index contributed by atoms with van der Waals surface area (Å²) < 4.78 is 10.5. The van der Waals surface area contributed by atoms with Crippen molar-refractivity contribution in [2.45, 2.75) is 17.7 Å². The Morgan fingerprint density at radius 2 is 1.66 bits per heavy atom. The van der Waals surface area contributed by atoms with Crippen LogP contribution in [0.1, 0.15) is 12.8 Å². The Morgan fingerprint density at radius 3 is 2.25 bits per heavy atom. The van der Waals surface area contributed by atoms with Crippen LogP contribution >= 0.6 is 11.8 Å². The van der Waals surface area contributed by atoms with Gasteiger partial charge in [-0.05, 0) is 49.2 Å². The largest absolute Gasteiger partial charge is 0.497 e. The molecule has 0 spiro atoms. The Kier molecular flexibility index (Phi) is 6.50. The Morgan fingerprint density at radius 1 is 1.00 bits per heavy atom. The van der Waals surface area contributed by atoms with Gasteiger partial charge in [0.25, 0.3) is 0 Å². The first-order chi connectivity index (χ1) is 15.5. The number of benzene rings is 2. The van der Waals surface area contributed by atoms with Crippen LogP contribution in [0.5, 0.6) is 11.5 Å². The zero-order chi connectivity index (χ0) is 22.7. The van der Waals surface area contributed by atoms with Crippen LogP contribution in [0.15, 0.2) is 59.5 Å². The smallest absolute Gasteiger partial charge is 0.238 e. The number of anilines is 2. The number of fused-ring (bicyclic) bond motifs is 1. The molecule has 0 bridgehead atoms. The summed E-state index contributed by atoms with van der Waals surface area (Å²) in [5.41, 5.74) is 1.14. The van der Waals surface area contributed by atoms with Gasteiger partial charge in [-0.3, -0.25) is 19.3 Å². The van der Waals surface area contributed by atoms with Crippen molar-refractivity contribution in [2.75, 3.05) is 30.2 Å². The number of imide groups is 1. The van der Waals surface area contributed by atoms with Crippen LogP contribution in [0.25, 0.3) is 0 Å². The molecule has 1 heterocycles. The van der Waals surface area contributed by atoms with Crippen LogP contribution in [0.2, 0.25) is 0 Å². The lowest BCUT2D eigenvalue weighted by Crippen LogP contribution is -2.30. The first-order valence-corrected chi connectivity index (χ1v) is 11.3. The van der Waals surface area contributed by atoms with E-state index in [1.165, 1.54) is 23.8 Å². The van der Waals surface area contributed by atoms with Crippen LogP contribution < -0.4 is 19.7 Å². The van der Waals surface area contributed by atoms with E-state index in [-0.39, 0.29) is 35.3 Å². The van der Waals surface area contributed by atoms with Gasteiger partial charge in [-0.1, -0.05) is 12.2 Å². The van der Waals surface area contributed by atoms with Crippen LogP contribution in [-0.2, 0) is 14.4 Å². The number of amides is 3. The van der Waals surface area contributed by atoms with Gasteiger partial charge >= 0.3 is 0 Å². The molecule has 1 aliphatic heterocycles. The fourth-order valence-electron chi connectivity index (χ4n) is 3.98. The maximum Gasteiger partial charge on any atom is 0.238 e. The second kappa shape index (κ2) is 9.48. The summed E-state index contributed by atoms with van der Waals surface area (Å²) in [6.07, 6.45) is 5.19. The number of carbonyl (C=O) groups excluding carboxylic acids is 3. The number of ether oxygens (including phenoxy) is 2. The zero-order valence-corrected chi connectivity index (χ0v) is 18.7. The fourth-order valence-corrected chi connectivity index (χ4v) is 4.68. The van der Waals surface area contributed by atoms with E-state index in [1.807, 2.05) is 24.3 Å². The highest BCUT2D eigenvalue weighted by atomic mass is 32.2. The Labute approximate surface area is 190 Å². The Bertz CT molecular complexity index is 1040. The van der Waals surface area contributed by atoms with Crippen molar-refractivity contribution >= 4 is 40.9 Å². The summed E-state index contributed by atoms with van der Waals surface area (Å²) in [6, 6.07) is 12.3. The quantitative estimate of drug-likeness (QED) is 0.390. The van der Waals surface area contributed by atoms with Gasteiger partial charge < -0.3 is 14.8 Å². The molecule has 8 heteroatoms. The lowest BCUT2D eigenvalue weighted by atomic mass is 9.85. The second-order valence-corrected chi connectivity index (χ2v) is 8.61. The highest BCUT2D eigenvalue weighted by Crippen LogP contribution is 2.38. The number of carbonyl (C=O) groups is 3. The van der Waals surface area contributed by atoms with E-state index < -0.39 is 0 Å². The molecule has 0 saturated carbocycles. The molecule has 3 amide bonds. The number of rotatable bonds is 7. The zero-order valence-electron chi connectivity index (χ0n) is 17.9. The molecular weight excluding hydrogens is 428 g/mol. The van der Waals surface area contributed by atoms with Gasteiger partial charge in [0.05, 0.1) is 43.2 Å². The molecule has 166 valence electrons. The van der Waals surface area contributed by atoms with Crippen molar-refractivity contribution in [2.24, 2.45) is 11.8 Å². The first kappa shape index (κ1) is 22.0. The molecule has 2 aromatic rings. The van der Waals surface area contributed by atoms with E-state index >= 15 is 0 Å². The van der Waals surface area contributed by atoms with E-state index in [1.54, 1.807) is 37.4 Å². The minimum absolute atomic E-state index is 0.127. The highest BCUT2D eigenvalue weighted by Gasteiger charge is 2.47. The first-order valence-electron chi connectivity index (χ1n) is 10.3. The SMILES string of the molecule is COc1ccc(NC(=O)CSc2ccc(N3C(=O)[C@@H]4CC=CC[C@H]4C3=O)cc2)c(OC)c1. The Hall–Kier alpha value is -3.26. The third-order valence-corrected chi connectivity index (χ3v) is 6.67. The van der Waals surface area contributed by atoms with E-state index in [2.05, 4.69) is 5.32 Å². The molecule has 1 fully saturated rings. The third-order valence-electron chi connectivity index (χ3n) is 5.66. The van der Waals surface area contributed by atoms with Crippen LogP contribution in [0, 0.1) is 11.8 Å². The summed E-state index contributed by atoms with van der Waals surface area (Å²) in [5.74, 6) is 0.424. The van der Waals surface area contributed by atoms with Gasteiger partial charge in [-0.15, -0.1) is 11.8 Å². The minimum Gasteiger partial charge on any atom is -0.497 e. The lowest BCUT2D eigenvalue weighted by Gasteiger charge is -2.15. The van der Waals surface area contributed by atoms with Crippen LogP contribution in [-0.4, -0.2) is 37.7 Å². The molecule has 1 N–H and O–H groups in total. The van der Waals surface area contributed by atoms with Gasteiger partial charge in [-0.2, -0.15) is 0 Å². The molecule has 4 rings (SSSR count). The predicted molar refractivity (Wildman–Crippen MR) is 123 cm³/mol. The molecule has 32 heavy (non-hydrogen) atoms. The standard InChI is InChI=1S/C24H24N2O5S/c1-30-16-9-12-20(21(13-16)31-2)25-22(27)14-32-17-10-7-15(8-11-17)26-23(28)18-5-3-4-6-19(18)24(26)29/h3-4,7-13,18-19H,5-6,14H2,1-2H3,(H,25,27)/t18-,19-/m1/s1. The van der Waals surface area contributed by atoms with Gasteiger partial charge in [0.15, 0.2) is 0 Å². The van der Waals surface area contributed by atoms with Crippen LogP contribution in [0.4, 0.5) is 11.4 Å². The van der Waals surface area contributed by atoms with Crippen molar-refractivity contribution in [1.29, 1.82) is 0 Å². The molecule has 2 atom stereocenters. The maximum absolute atomic E-state index is 12.7. The summed E-state index contributed by atoms with van der Waals surface area (Å²) in [7, 11) is 3.09. The average Bonchev–Trinajstić information content (AvgIpc) is 3.08. The monoisotopic (exact) mass is 452 g/mol. The summed E-state index contributed by atoms with van der Waals surface area (Å²) in [4.78, 5) is 40.0. The molecule has 0 radical (unpaired) electrons. The number of methoxy groups -OCH3 is 2. The van der Waals surface area contributed by atoms with Crippen molar-refractivity contribution in [3.05, 3.63) is 54.6 Å². The average molecular weight is 453 g/mol. The minimum atomic E-state index is -0.250. The summed E-state index contributed by atoms with van der Waals surface area (Å²) >= 11 is 1.37. The highest BCUT2D eigenvalue weighted by molar-refractivity contribution is 8.00. The predicted octanol–water partition coefficient (Wildman–Crippen LogP) is 3.89. The molecule has 7 nitrogen and oxygen atoms in total. The molecular formula is C24H24N2O5S. The van der Waals surface area contributed by atoms with E-state index in [4.69, 9.17) is 9.47 Å². The summed E-state index contributed by atoms with van der Waals surface area (Å²) in [6.45, 7) is 0. The molecule has 0 aromatic heterocycles. The van der Waals surface area contributed by atoms with Crippen molar-refractivity contribution in [1.82, 2.24) is 0 Å². The number of nitrogens with one attached hydrogen (secondary N) is 1. The number of thioether (sulfide) groups is 1. The molecule has 2 aliphatic rings. The van der Waals surface area contributed by atoms with Crippen molar-refractivity contribution < 1.29 is 23.9 Å². The molecule has 0 unspecified atom stereocenters. The number of allylic oxidation sites excluding steroid dienone is 2. The Balaban J connectivity index is 1.36. The molecule has 1 saturated heterocycles. The second-order valence-electron chi connectivity index (χ2n) is 7.56. The fraction of sp³-hybridized carbons (Fsp3) is 0.292. The van der Waals surface area contributed by atoms with Gasteiger partial charge in [0.2, 0.25) is 17.7 Å². The number of hydrogen-bond donors (Lipinski definition) is 1.